The first-order chi connectivity index (χ1) is 29.2. The van der Waals surface area contributed by atoms with Gasteiger partial charge in [0.15, 0.2) is 34.9 Å². The molecule has 7 heteroatoms. The van der Waals surface area contributed by atoms with E-state index in [1.54, 1.807) is 0 Å². The van der Waals surface area contributed by atoms with Gasteiger partial charge in [-0.15, -0.1) is 0 Å². The first-order valence-corrected chi connectivity index (χ1v) is 19.6. The molecule has 0 radical (unpaired) electrons. The Morgan fingerprint density at radius 3 is 1.22 bits per heavy atom. The van der Waals surface area contributed by atoms with E-state index in [2.05, 4.69) is 83.4 Å². The molecule has 0 saturated heterocycles. The molecule has 276 valence electrons. The van der Waals surface area contributed by atoms with Crippen molar-refractivity contribution in [3.05, 3.63) is 200 Å². The van der Waals surface area contributed by atoms with Crippen LogP contribution in [0.1, 0.15) is 0 Å². The van der Waals surface area contributed by atoms with Crippen molar-refractivity contribution in [2.75, 3.05) is 0 Å². The molecule has 0 aliphatic rings. The second-order valence-electron chi connectivity index (χ2n) is 14.3. The summed E-state index contributed by atoms with van der Waals surface area (Å²) in [4.78, 5) is 30.7. The molecule has 0 aliphatic carbocycles. The van der Waals surface area contributed by atoms with Gasteiger partial charge in [0.05, 0.1) is 16.6 Å². The molecule has 0 bridgehead atoms. The lowest BCUT2D eigenvalue weighted by Gasteiger charge is -2.15. The molecule has 0 unspecified atom stereocenters. The van der Waals surface area contributed by atoms with Crippen LogP contribution < -0.4 is 0 Å². The summed E-state index contributed by atoms with van der Waals surface area (Å²) in [5.74, 6) is 3.63. The normalized spacial score (nSPS) is 11.4. The quantitative estimate of drug-likeness (QED) is 0.161. The van der Waals surface area contributed by atoms with Crippen LogP contribution in [0.25, 0.3) is 107 Å². The van der Waals surface area contributed by atoms with E-state index < -0.39 is 0 Å². The highest BCUT2D eigenvalue weighted by atomic mass is 15.1. The van der Waals surface area contributed by atoms with Gasteiger partial charge >= 0.3 is 0 Å². The van der Waals surface area contributed by atoms with Crippen LogP contribution >= 0.6 is 0 Å². The van der Waals surface area contributed by atoms with Crippen molar-refractivity contribution in [2.45, 2.75) is 0 Å². The van der Waals surface area contributed by atoms with E-state index in [4.69, 9.17) is 29.9 Å². The largest absolute Gasteiger partial charge is 0.308 e. The molecular formula is C52H33N7. The summed E-state index contributed by atoms with van der Waals surface area (Å²) in [6.45, 7) is 0. The molecule has 0 aliphatic heterocycles. The van der Waals surface area contributed by atoms with Gasteiger partial charge in [-0.25, -0.2) is 29.9 Å². The number of para-hydroxylation sites is 1. The van der Waals surface area contributed by atoms with Crippen LogP contribution in [0.15, 0.2) is 200 Å². The molecule has 0 atom stereocenters. The molecule has 8 aromatic carbocycles. The molecule has 0 N–H and O–H groups in total. The van der Waals surface area contributed by atoms with Gasteiger partial charge in [-0.05, 0) is 35.0 Å². The van der Waals surface area contributed by atoms with E-state index in [1.165, 1.54) is 0 Å². The predicted octanol–water partition coefficient (Wildman–Crippen LogP) is 12.3. The zero-order valence-corrected chi connectivity index (χ0v) is 31.7. The van der Waals surface area contributed by atoms with Gasteiger partial charge in [0.1, 0.15) is 0 Å². The van der Waals surface area contributed by atoms with Crippen molar-refractivity contribution in [3.8, 4) is 74.0 Å². The number of rotatable bonds is 7. The summed E-state index contributed by atoms with van der Waals surface area (Å²) in [6, 6.07) is 68.2. The second-order valence-corrected chi connectivity index (χ2v) is 14.3. The molecule has 11 rings (SSSR count). The minimum atomic E-state index is 0.587. The molecule has 11 aromatic rings. The predicted molar refractivity (Wildman–Crippen MR) is 238 cm³/mol. The third kappa shape index (κ3) is 6.18. The lowest BCUT2D eigenvalue weighted by Crippen LogP contribution is -2.03. The molecule has 0 fully saturated rings. The van der Waals surface area contributed by atoms with Gasteiger partial charge in [0, 0.05) is 44.3 Å². The Labute approximate surface area is 340 Å². The number of benzene rings is 8. The van der Waals surface area contributed by atoms with E-state index in [-0.39, 0.29) is 0 Å². The Morgan fingerprint density at radius 1 is 0.288 bits per heavy atom. The minimum Gasteiger partial charge on any atom is -0.308 e. The van der Waals surface area contributed by atoms with Crippen molar-refractivity contribution in [1.82, 2.24) is 34.5 Å². The lowest BCUT2D eigenvalue weighted by atomic mass is 9.99. The maximum absolute atomic E-state index is 5.28. The van der Waals surface area contributed by atoms with Gasteiger partial charge in [-0.3, -0.25) is 0 Å². The fraction of sp³-hybridized carbons (Fsp3) is 0. The Bertz CT molecular complexity index is 3200. The maximum atomic E-state index is 5.28. The van der Waals surface area contributed by atoms with Gasteiger partial charge < -0.3 is 4.57 Å². The standard InChI is InChI=1S/C52H33N7/c1-5-18-34(19-6-1)47-53-48(35-20-7-2-8-21-35)56-51(55-47)39-27-17-28-40(32-39)59-44-31-16-15-30-42(44)43-33-38-26-13-14-29-41(38)45(46(43)59)52-57-49(36-22-9-3-10-23-36)54-50(58-52)37-24-11-4-12-25-37/h1-33H. The van der Waals surface area contributed by atoms with E-state index in [0.717, 1.165) is 71.6 Å². The molecule has 0 saturated carbocycles. The first kappa shape index (κ1) is 34.1. The van der Waals surface area contributed by atoms with Crippen LogP contribution in [-0.4, -0.2) is 34.5 Å². The Kier molecular flexibility index (Phi) is 8.33. The molecule has 3 heterocycles. The summed E-state index contributed by atoms with van der Waals surface area (Å²) >= 11 is 0. The van der Waals surface area contributed by atoms with Crippen LogP contribution in [0.5, 0.6) is 0 Å². The molecule has 3 aromatic heterocycles. The van der Waals surface area contributed by atoms with Crippen molar-refractivity contribution < 1.29 is 0 Å². The van der Waals surface area contributed by atoms with Crippen LogP contribution in [-0.2, 0) is 0 Å². The van der Waals surface area contributed by atoms with E-state index in [0.29, 0.717) is 34.9 Å². The molecule has 7 nitrogen and oxygen atoms in total. The lowest BCUT2D eigenvalue weighted by molar-refractivity contribution is 1.07. The fourth-order valence-electron chi connectivity index (χ4n) is 7.93. The van der Waals surface area contributed by atoms with Crippen molar-refractivity contribution in [2.24, 2.45) is 0 Å². The highest BCUT2D eigenvalue weighted by molar-refractivity contribution is 6.20. The zero-order valence-electron chi connectivity index (χ0n) is 31.7. The highest BCUT2D eigenvalue weighted by Gasteiger charge is 2.23. The summed E-state index contributed by atoms with van der Waals surface area (Å²) < 4.78 is 2.33. The summed E-state index contributed by atoms with van der Waals surface area (Å²) in [5, 5.41) is 4.36. The van der Waals surface area contributed by atoms with Crippen LogP contribution in [0, 0.1) is 0 Å². The highest BCUT2D eigenvalue weighted by Crippen LogP contribution is 2.43. The van der Waals surface area contributed by atoms with Crippen molar-refractivity contribution in [1.29, 1.82) is 0 Å². The molecule has 59 heavy (non-hydrogen) atoms. The topological polar surface area (TPSA) is 82.3 Å². The van der Waals surface area contributed by atoms with Crippen LogP contribution in [0.4, 0.5) is 0 Å². The van der Waals surface area contributed by atoms with Gasteiger partial charge in [-0.2, -0.15) is 0 Å². The Balaban J connectivity index is 1.19. The summed E-state index contributed by atoms with van der Waals surface area (Å²) in [5.41, 5.74) is 8.48. The molecular weight excluding hydrogens is 723 g/mol. The minimum absolute atomic E-state index is 0.587. The van der Waals surface area contributed by atoms with Crippen molar-refractivity contribution in [3.63, 3.8) is 0 Å². The van der Waals surface area contributed by atoms with Gasteiger partial charge in [0.2, 0.25) is 0 Å². The zero-order chi connectivity index (χ0) is 39.1. The average molecular weight is 756 g/mol. The molecule has 0 spiro atoms. The van der Waals surface area contributed by atoms with E-state index >= 15 is 0 Å². The van der Waals surface area contributed by atoms with E-state index in [1.807, 2.05) is 121 Å². The number of aromatic nitrogens is 7. The SMILES string of the molecule is c1ccc(-c2nc(-c3ccccc3)nc(-c3cccc(-n4c5ccccc5c5cc6ccccc6c(-c6nc(-c7ccccc7)nc(-c7ccccc7)n6)c54)c3)n2)cc1. The third-order valence-corrected chi connectivity index (χ3v) is 10.7. The van der Waals surface area contributed by atoms with Crippen LogP contribution in [0.2, 0.25) is 0 Å². The molecule has 0 amide bonds. The monoisotopic (exact) mass is 755 g/mol. The number of hydrogen-bond acceptors (Lipinski definition) is 6. The third-order valence-electron chi connectivity index (χ3n) is 10.7. The Hall–Kier alpha value is -8.16. The maximum Gasteiger partial charge on any atom is 0.166 e. The number of hydrogen-bond donors (Lipinski definition) is 0. The summed E-state index contributed by atoms with van der Waals surface area (Å²) in [6.07, 6.45) is 0. The van der Waals surface area contributed by atoms with Gasteiger partial charge in [0.25, 0.3) is 0 Å². The van der Waals surface area contributed by atoms with Gasteiger partial charge in [-0.1, -0.05) is 176 Å². The van der Waals surface area contributed by atoms with Crippen molar-refractivity contribution >= 4 is 32.6 Å². The Morgan fingerprint density at radius 2 is 0.695 bits per heavy atom. The van der Waals surface area contributed by atoms with Crippen LogP contribution in [0.3, 0.4) is 0 Å². The average Bonchev–Trinajstić information content (AvgIpc) is 3.65. The first-order valence-electron chi connectivity index (χ1n) is 19.6. The number of nitrogens with zero attached hydrogens (tertiary/aromatic N) is 7. The fourth-order valence-corrected chi connectivity index (χ4v) is 7.93. The second kappa shape index (κ2) is 14.4. The number of fused-ring (bicyclic) bond motifs is 4. The van der Waals surface area contributed by atoms with E-state index in [9.17, 15) is 0 Å². The smallest absolute Gasteiger partial charge is 0.166 e. The summed E-state index contributed by atoms with van der Waals surface area (Å²) in [7, 11) is 0.